The monoisotopic (exact) mass is 420 g/mol. The van der Waals surface area contributed by atoms with Crippen LogP contribution in [0.15, 0.2) is 47.4 Å². The van der Waals surface area contributed by atoms with Crippen molar-refractivity contribution in [3.63, 3.8) is 0 Å². The molecule has 6 nitrogen and oxygen atoms in total. The average Bonchev–Trinajstić information content (AvgIpc) is 2.64. The van der Waals surface area contributed by atoms with E-state index in [1.807, 2.05) is 44.2 Å². The fourth-order valence-corrected chi connectivity index (χ4v) is 3.46. The molecule has 0 saturated heterocycles. The van der Waals surface area contributed by atoms with Gasteiger partial charge in [0.25, 0.3) is 5.91 Å². The van der Waals surface area contributed by atoms with Gasteiger partial charge in [-0.1, -0.05) is 41.4 Å². The summed E-state index contributed by atoms with van der Waals surface area (Å²) in [5.74, 6) is -0.754. The van der Waals surface area contributed by atoms with Crippen LogP contribution in [-0.2, 0) is 14.3 Å². The summed E-state index contributed by atoms with van der Waals surface area (Å²) in [4.78, 5) is 36.2. The fraction of sp³-hybridized carbons (Fsp3) is 0.250. The maximum Gasteiger partial charge on any atom is 0.325 e. The Morgan fingerprint density at radius 3 is 2.57 bits per heavy atom. The molecule has 0 atom stereocenters. The van der Waals surface area contributed by atoms with E-state index in [4.69, 9.17) is 16.3 Å². The predicted octanol–water partition coefficient (Wildman–Crippen LogP) is 4.33. The highest BCUT2D eigenvalue weighted by molar-refractivity contribution is 7.99. The van der Waals surface area contributed by atoms with Crippen molar-refractivity contribution in [3.8, 4) is 0 Å². The first-order valence-corrected chi connectivity index (χ1v) is 9.92. The molecule has 0 bridgehead atoms. The van der Waals surface area contributed by atoms with Gasteiger partial charge in [0.2, 0.25) is 0 Å². The van der Waals surface area contributed by atoms with Crippen molar-refractivity contribution in [2.45, 2.75) is 25.2 Å². The summed E-state index contributed by atoms with van der Waals surface area (Å²) in [6.07, 6.45) is 0.123. The van der Waals surface area contributed by atoms with Crippen LogP contribution in [0.2, 0.25) is 5.02 Å². The molecule has 2 rings (SSSR count). The number of benzene rings is 2. The summed E-state index contributed by atoms with van der Waals surface area (Å²) in [5, 5.41) is 5.33. The zero-order valence-corrected chi connectivity index (χ0v) is 17.2. The second kappa shape index (κ2) is 10.7. The zero-order chi connectivity index (χ0) is 20.5. The van der Waals surface area contributed by atoms with Crippen molar-refractivity contribution in [3.05, 3.63) is 58.6 Å². The molecule has 0 aromatic heterocycles. The minimum absolute atomic E-state index is 0.123. The van der Waals surface area contributed by atoms with Crippen molar-refractivity contribution < 1.29 is 19.1 Å². The van der Waals surface area contributed by atoms with Gasteiger partial charge in [-0.3, -0.25) is 14.9 Å². The minimum atomic E-state index is -0.700. The summed E-state index contributed by atoms with van der Waals surface area (Å²) < 4.78 is 4.89. The van der Waals surface area contributed by atoms with Gasteiger partial charge in [0.15, 0.2) is 6.61 Å². The summed E-state index contributed by atoms with van der Waals surface area (Å²) in [7, 11) is 0. The zero-order valence-electron chi connectivity index (χ0n) is 15.6. The van der Waals surface area contributed by atoms with Crippen LogP contribution < -0.4 is 10.6 Å². The van der Waals surface area contributed by atoms with Gasteiger partial charge >= 0.3 is 12.0 Å². The lowest BCUT2D eigenvalue weighted by Gasteiger charge is -2.10. The number of esters is 1. The summed E-state index contributed by atoms with van der Waals surface area (Å²) in [5.41, 5.74) is 2.55. The molecule has 0 fully saturated rings. The van der Waals surface area contributed by atoms with Gasteiger partial charge in [0, 0.05) is 16.3 Å². The number of aryl methyl sites for hydroxylation is 2. The molecule has 0 unspecified atom stereocenters. The molecule has 2 aromatic rings. The number of thioether (sulfide) groups is 1. The molecule has 3 amide bonds. The Morgan fingerprint density at radius 1 is 1.11 bits per heavy atom. The fourth-order valence-electron chi connectivity index (χ4n) is 2.29. The van der Waals surface area contributed by atoms with Gasteiger partial charge in [-0.25, -0.2) is 4.79 Å². The number of nitrogens with one attached hydrogen (secondary N) is 2. The molecule has 0 aliphatic heterocycles. The van der Waals surface area contributed by atoms with E-state index in [0.29, 0.717) is 16.5 Å². The molecule has 0 spiro atoms. The highest BCUT2D eigenvalue weighted by atomic mass is 35.5. The molecule has 0 aliphatic carbocycles. The van der Waals surface area contributed by atoms with Crippen LogP contribution in [0.3, 0.4) is 0 Å². The van der Waals surface area contributed by atoms with Crippen LogP contribution in [0, 0.1) is 13.8 Å². The third-order valence-corrected chi connectivity index (χ3v) is 5.16. The normalized spacial score (nSPS) is 10.2. The number of imide groups is 1. The summed E-state index contributed by atoms with van der Waals surface area (Å²) >= 11 is 7.46. The maximum atomic E-state index is 11.9. The third-order valence-electron chi connectivity index (χ3n) is 3.65. The van der Waals surface area contributed by atoms with Crippen molar-refractivity contribution >= 4 is 47.0 Å². The van der Waals surface area contributed by atoms with Gasteiger partial charge in [-0.2, -0.15) is 0 Å². The Hall–Kier alpha value is -2.51. The van der Waals surface area contributed by atoms with E-state index in [9.17, 15) is 14.4 Å². The van der Waals surface area contributed by atoms with E-state index in [1.165, 1.54) is 11.8 Å². The quantitative estimate of drug-likeness (QED) is 0.514. The molecule has 0 aliphatic rings. The van der Waals surface area contributed by atoms with Crippen LogP contribution in [0.25, 0.3) is 0 Å². The van der Waals surface area contributed by atoms with Crippen molar-refractivity contribution in [1.82, 2.24) is 5.32 Å². The molecule has 2 N–H and O–H groups in total. The first kappa shape index (κ1) is 21.8. The topological polar surface area (TPSA) is 84.5 Å². The Kier molecular flexibility index (Phi) is 8.35. The van der Waals surface area contributed by atoms with Gasteiger partial charge in [-0.15, -0.1) is 11.8 Å². The SMILES string of the molecule is Cc1ccc(NC(=O)NC(=O)COC(=O)CCSc2ccccc2Cl)c(C)c1. The third kappa shape index (κ3) is 7.25. The second-order valence-electron chi connectivity index (χ2n) is 6.01. The lowest BCUT2D eigenvalue weighted by atomic mass is 10.1. The van der Waals surface area contributed by atoms with Gasteiger partial charge in [-0.05, 0) is 37.6 Å². The first-order chi connectivity index (χ1) is 13.3. The van der Waals surface area contributed by atoms with Crippen molar-refractivity contribution in [1.29, 1.82) is 0 Å². The minimum Gasteiger partial charge on any atom is -0.456 e. The lowest BCUT2D eigenvalue weighted by Crippen LogP contribution is -2.37. The number of carbonyl (C=O) groups is 3. The largest absolute Gasteiger partial charge is 0.456 e. The molecular weight excluding hydrogens is 400 g/mol. The van der Waals surface area contributed by atoms with Crippen molar-refractivity contribution in [2.24, 2.45) is 0 Å². The van der Waals surface area contributed by atoms with E-state index in [1.54, 1.807) is 12.1 Å². The average molecular weight is 421 g/mol. The van der Waals surface area contributed by atoms with E-state index < -0.39 is 24.5 Å². The number of urea groups is 1. The second-order valence-corrected chi connectivity index (χ2v) is 7.55. The van der Waals surface area contributed by atoms with Crippen LogP contribution in [-0.4, -0.2) is 30.3 Å². The number of hydrogen-bond donors (Lipinski definition) is 2. The standard InChI is InChI=1S/C20H21ClN2O4S/c1-13-7-8-16(14(2)11-13)22-20(26)23-18(24)12-27-19(25)9-10-28-17-6-4-3-5-15(17)21/h3-8,11H,9-10,12H2,1-2H3,(H2,22,23,24,26). The first-order valence-electron chi connectivity index (χ1n) is 8.56. The van der Waals surface area contributed by atoms with Crippen LogP contribution in [0.1, 0.15) is 17.5 Å². The van der Waals surface area contributed by atoms with E-state index >= 15 is 0 Å². The molecule has 2 aromatic carbocycles. The highest BCUT2D eigenvalue weighted by Crippen LogP contribution is 2.26. The maximum absolute atomic E-state index is 11.9. The number of ether oxygens (including phenoxy) is 1. The number of hydrogen-bond acceptors (Lipinski definition) is 5. The van der Waals surface area contributed by atoms with E-state index in [2.05, 4.69) is 10.6 Å². The Labute approximate surface area is 173 Å². The van der Waals surface area contributed by atoms with Crippen LogP contribution in [0.5, 0.6) is 0 Å². The Balaban J connectivity index is 1.67. The van der Waals surface area contributed by atoms with Crippen LogP contribution >= 0.6 is 23.4 Å². The number of carbonyl (C=O) groups excluding carboxylic acids is 3. The van der Waals surface area contributed by atoms with Gasteiger partial charge < -0.3 is 10.1 Å². The lowest BCUT2D eigenvalue weighted by molar-refractivity contribution is -0.147. The van der Waals surface area contributed by atoms with E-state index in [0.717, 1.165) is 16.0 Å². The summed E-state index contributed by atoms with van der Waals surface area (Å²) in [6, 6.07) is 12.2. The highest BCUT2D eigenvalue weighted by Gasteiger charge is 2.12. The number of amides is 3. The molecular formula is C20H21ClN2O4S. The smallest absolute Gasteiger partial charge is 0.325 e. The predicted molar refractivity (Wildman–Crippen MR) is 111 cm³/mol. The molecule has 0 radical (unpaired) electrons. The van der Waals surface area contributed by atoms with Gasteiger partial charge in [0.1, 0.15) is 0 Å². The Morgan fingerprint density at radius 2 is 1.86 bits per heavy atom. The molecule has 148 valence electrons. The number of anilines is 1. The van der Waals surface area contributed by atoms with Crippen LogP contribution in [0.4, 0.5) is 10.5 Å². The molecule has 0 heterocycles. The van der Waals surface area contributed by atoms with E-state index in [-0.39, 0.29) is 6.42 Å². The Bertz CT molecular complexity index is 873. The molecule has 0 saturated carbocycles. The number of halogens is 1. The molecule has 28 heavy (non-hydrogen) atoms. The van der Waals surface area contributed by atoms with Gasteiger partial charge in [0.05, 0.1) is 11.4 Å². The van der Waals surface area contributed by atoms with Crippen molar-refractivity contribution in [2.75, 3.05) is 17.7 Å². The molecule has 8 heteroatoms. The number of rotatable bonds is 7. The summed E-state index contributed by atoms with van der Waals surface area (Å²) in [6.45, 7) is 3.28.